The Balaban J connectivity index is 1.48. The summed E-state index contributed by atoms with van der Waals surface area (Å²) < 4.78 is 15.0. The molecule has 0 bridgehead atoms. The second-order valence-electron chi connectivity index (χ2n) is 8.79. The maximum Gasteiger partial charge on any atom is 0.256 e. The van der Waals surface area contributed by atoms with Crippen LogP contribution in [0.1, 0.15) is 40.2 Å². The fourth-order valence-electron chi connectivity index (χ4n) is 4.45. The van der Waals surface area contributed by atoms with Crippen molar-refractivity contribution in [3.63, 3.8) is 0 Å². The lowest BCUT2D eigenvalue weighted by Crippen LogP contribution is -2.17. The highest BCUT2D eigenvalue weighted by atomic mass is 19.1. The van der Waals surface area contributed by atoms with E-state index in [9.17, 15) is 9.18 Å². The number of H-pyrrole nitrogens is 1. The molecule has 8 heteroatoms. The Kier molecular flexibility index (Phi) is 5.06. The first-order chi connectivity index (χ1) is 17.1. The van der Waals surface area contributed by atoms with Crippen LogP contribution in [0, 0.1) is 12.7 Å². The van der Waals surface area contributed by atoms with E-state index >= 15 is 0 Å². The van der Waals surface area contributed by atoms with Crippen molar-refractivity contribution in [1.29, 1.82) is 0 Å². The van der Waals surface area contributed by atoms with Crippen molar-refractivity contribution < 1.29 is 9.18 Å². The van der Waals surface area contributed by atoms with Crippen molar-refractivity contribution in [3.8, 4) is 22.6 Å². The summed E-state index contributed by atoms with van der Waals surface area (Å²) in [7, 11) is 0. The van der Waals surface area contributed by atoms with Gasteiger partial charge in [-0.05, 0) is 66.8 Å². The van der Waals surface area contributed by atoms with Crippen LogP contribution in [0.5, 0.6) is 0 Å². The highest BCUT2D eigenvalue weighted by Crippen LogP contribution is 2.47. The van der Waals surface area contributed by atoms with E-state index in [1.807, 2.05) is 55.5 Å². The van der Waals surface area contributed by atoms with Gasteiger partial charge in [0.25, 0.3) is 5.91 Å². The van der Waals surface area contributed by atoms with E-state index in [-0.39, 0.29) is 23.3 Å². The smallest absolute Gasteiger partial charge is 0.256 e. The number of hydrogen-bond acceptors (Lipinski definition) is 5. The van der Waals surface area contributed by atoms with Crippen molar-refractivity contribution in [1.82, 2.24) is 25.6 Å². The van der Waals surface area contributed by atoms with E-state index in [0.717, 1.165) is 46.1 Å². The van der Waals surface area contributed by atoms with Gasteiger partial charge in [-0.3, -0.25) is 4.79 Å². The quantitative estimate of drug-likeness (QED) is 0.350. The minimum absolute atomic E-state index is 0.0860. The molecular formula is C27H21FN6O. The van der Waals surface area contributed by atoms with Crippen molar-refractivity contribution in [3.05, 3.63) is 89.2 Å². The Morgan fingerprint density at radius 3 is 2.57 bits per heavy atom. The highest BCUT2D eigenvalue weighted by Gasteiger charge is 2.33. The molecule has 0 aliphatic heterocycles. The van der Waals surface area contributed by atoms with Crippen molar-refractivity contribution in [2.24, 2.45) is 0 Å². The summed E-state index contributed by atoms with van der Waals surface area (Å²) in [5.74, 6) is -0.408. The molecule has 6 rings (SSSR count). The third-order valence-corrected chi connectivity index (χ3v) is 6.26. The molecule has 1 aliphatic carbocycles. The number of carbonyl (C=O) groups excluding carboxylic acids is 1. The molecular weight excluding hydrogens is 443 g/mol. The molecule has 0 atom stereocenters. The van der Waals surface area contributed by atoms with Gasteiger partial charge in [0.2, 0.25) is 5.82 Å². The number of carbonyl (C=O) groups is 1. The van der Waals surface area contributed by atoms with Gasteiger partial charge < -0.3 is 5.32 Å². The third kappa shape index (κ3) is 3.93. The van der Waals surface area contributed by atoms with Gasteiger partial charge in [0.05, 0.1) is 22.5 Å². The van der Waals surface area contributed by atoms with Crippen LogP contribution in [0.15, 0.2) is 66.7 Å². The lowest BCUT2D eigenvalue weighted by Gasteiger charge is -2.18. The first-order valence-electron chi connectivity index (χ1n) is 11.4. The number of benzene rings is 3. The number of nitrogens with zero attached hydrogens (tertiary/aromatic N) is 4. The van der Waals surface area contributed by atoms with Crippen LogP contribution in [0.4, 0.5) is 10.1 Å². The fraction of sp³-hybridized carbons (Fsp3) is 0.148. The van der Waals surface area contributed by atoms with Gasteiger partial charge in [0.1, 0.15) is 5.82 Å². The van der Waals surface area contributed by atoms with E-state index in [2.05, 4.69) is 25.9 Å². The molecule has 172 valence electrons. The maximum absolute atomic E-state index is 15.0. The molecule has 1 fully saturated rings. The first kappa shape index (κ1) is 21.1. The molecule has 0 unspecified atom stereocenters. The number of rotatable bonds is 5. The highest BCUT2D eigenvalue weighted by molar-refractivity contribution is 6.15. The van der Waals surface area contributed by atoms with Crippen LogP contribution in [0.2, 0.25) is 0 Å². The first-order valence-corrected chi connectivity index (χ1v) is 11.4. The number of pyridine rings is 1. The largest absolute Gasteiger partial charge is 0.319 e. The van der Waals surface area contributed by atoms with Gasteiger partial charge in [0.15, 0.2) is 0 Å². The number of nitrogens with one attached hydrogen (secondary N) is 2. The summed E-state index contributed by atoms with van der Waals surface area (Å²) in [4.78, 5) is 18.8. The number of anilines is 1. The predicted octanol–water partition coefficient (Wildman–Crippen LogP) is 5.66. The van der Waals surface area contributed by atoms with Crippen molar-refractivity contribution in [2.45, 2.75) is 25.7 Å². The average Bonchev–Trinajstić information content (AvgIpc) is 3.57. The van der Waals surface area contributed by atoms with E-state index in [1.54, 1.807) is 6.07 Å². The molecule has 1 amide bonds. The van der Waals surface area contributed by atoms with E-state index in [1.165, 1.54) is 12.1 Å². The summed E-state index contributed by atoms with van der Waals surface area (Å²) >= 11 is 0. The number of tetrazole rings is 1. The lowest BCUT2D eigenvalue weighted by molar-refractivity contribution is 0.102. The number of halogens is 1. The van der Waals surface area contributed by atoms with Crippen LogP contribution in [0.25, 0.3) is 33.5 Å². The molecule has 2 N–H and O–H groups in total. The minimum Gasteiger partial charge on any atom is -0.319 e. The van der Waals surface area contributed by atoms with Crippen molar-refractivity contribution in [2.75, 3.05) is 5.32 Å². The standard InChI is InChI=1S/C27H21FN6O/c1-15-7-11-21-19(13-15)24(23(16-8-9-16)25(29-21)17-5-3-2-4-6-17)27(35)30-22-12-10-18(14-20(22)28)26-31-33-34-32-26/h2-7,10-14,16H,8-9H2,1H3,(H,30,35)(H,31,32,33,34). The van der Waals surface area contributed by atoms with E-state index in [4.69, 9.17) is 4.98 Å². The van der Waals surface area contributed by atoms with Gasteiger partial charge in [0, 0.05) is 16.5 Å². The van der Waals surface area contributed by atoms with Crippen LogP contribution >= 0.6 is 0 Å². The zero-order valence-corrected chi connectivity index (χ0v) is 18.9. The maximum atomic E-state index is 15.0. The van der Waals surface area contributed by atoms with Crippen LogP contribution in [-0.4, -0.2) is 31.5 Å². The number of hydrogen-bond donors (Lipinski definition) is 2. The van der Waals surface area contributed by atoms with Crippen molar-refractivity contribution >= 4 is 22.5 Å². The van der Waals surface area contributed by atoms with Gasteiger partial charge in [-0.15, -0.1) is 10.2 Å². The third-order valence-electron chi connectivity index (χ3n) is 6.26. The van der Waals surface area contributed by atoms with Crippen LogP contribution in [-0.2, 0) is 0 Å². The average molecular weight is 465 g/mol. The summed E-state index contributed by atoms with van der Waals surface area (Å²) in [6.07, 6.45) is 1.99. The Labute approximate surface area is 200 Å². The summed E-state index contributed by atoms with van der Waals surface area (Å²) in [6.45, 7) is 1.99. The Bertz CT molecular complexity index is 1560. The summed E-state index contributed by atoms with van der Waals surface area (Å²) in [5, 5.41) is 17.2. The molecule has 3 aromatic carbocycles. The van der Waals surface area contributed by atoms with Gasteiger partial charge in [-0.2, -0.15) is 5.21 Å². The molecule has 1 aliphatic rings. The monoisotopic (exact) mass is 464 g/mol. The molecule has 0 saturated heterocycles. The minimum atomic E-state index is -0.577. The van der Waals surface area contributed by atoms with E-state index < -0.39 is 5.82 Å². The lowest BCUT2D eigenvalue weighted by atomic mass is 9.92. The number of aromatic amines is 1. The van der Waals surface area contributed by atoms with Crippen LogP contribution < -0.4 is 5.32 Å². The molecule has 35 heavy (non-hydrogen) atoms. The molecule has 0 radical (unpaired) electrons. The molecule has 1 saturated carbocycles. The van der Waals surface area contributed by atoms with Gasteiger partial charge in [-0.1, -0.05) is 42.0 Å². The second-order valence-corrected chi connectivity index (χ2v) is 8.79. The molecule has 2 aromatic heterocycles. The number of aromatic nitrogens is 5. The number of fused-ring (bicyclic) bond motifs is 1. The Hall–Kier alpha value is -4.46. The molecule has 5 aromatic rings. The Morgan fingerprint density at radius 2 is 1.86 bits per heavy atom. The fourth-order valence-corrected chi connectivity index (χ4v) is 4.45. The number of aryl methyl sites for hydroxylation is 1. The summed E-state index contributed by atoms with van der Waals surface area (Å²) in [6, 6.07) is 20.3. The zero-order chi connectivity index (χ0) is 23.9. The van der Waals surface area contributed by atoms with E-state index in [0.29, 0.717) is 11.1 Å². The number of amides is 1. The van der Waals surface area contributed by atoms with Gasteiger partial charge >= 0.3 is 0 Å². The second kappa shape index (κ2) is 8.39. The topological polar surface area (TPSA) is 96.5 Å². The molecule has 0 spiro atoms. The molecule has 7 nitrogen and oxygen atoms in total. The normalized spacial score (nSPS) is 13.2. The Morgan fingerprint density at radius 1 is 1.03 bits per heavy atom. The summed E-state index contributed by atoms with van der Waals surface area (Å²) in [5.41, 5.74) is 5.56. The SMILES string of the molecule is Cc1ccc2nc(-c3ccccc3)c(C3CC3)c(C(=O)Nc3ccc(-c4nn[nH]n4)cc3F)c2c1. The van der Waals surface area contributed by atoms with Crippen LogP contribution in [0.3, 0.4) is 0 Å². The van der Waals surface area contributed by atoms with Gasteiger partial charge in [-0.25, -0.2) is 9.37 Å². The predicted molar refractivity (Wildman–Crippen MR) is 131 cm³/mol. The molecule has 2 heterocycles. The zero-order valence-electron chi connectivity index (χ0n) is 18.9.